The minimum atomic E-state index is -0.952. The highest BCUT2D eigenvalue weighted by Gasteiger charge is 2.29. The van der Waals surface area contributed by atoms with Crippen LogP contribution in [-0.2, 0) is 38.3 Å². The van der Waals surface area contributed by atoms with Gasteiger partial charge in [-0.25, -0.2) is 4.79 Å². The molecular formula is C35H43N7O9. The summed E-state index contributed by atoms with van der Waals surface area (Å²) in [7, 11) is 0. The summed E-state index contributed by atoms with van der Waals surface area (Å²) in [4.78, 5) is 89.6. The second-order valence-corrected chi connectivity index (χ2v) is 12.1. The Labute approximate surface area is 294 Å². The fraction of sp³-hybridized carbons (Fsp3) is 0.400. The maximum absolute atomic E-state index is 12.5. The quantitative estimate of drug-likeness (QED) is 0.0623. The zero-order valence-electron chi connectivity index (χ0n) is 28.1. The molecule has 0 fully saturated rings. The summed E-state index contributed by atoms with van der Waals surface area (Å²) in [6, 6.07) is 14.1. The van der Waals surface area contributed by atoms with Gasteiger partial charge in [0, 0.05) is 31.2 Å². The molecule has 4 rings (SSSR count). The number of fused-ring (bicyclic) bond motifs is 3. The summed E-state index contributed by atoms with van der Waals surface area (Å²) in [6.07, 6.45) is 3.79. The van der Waals surface area contributed by atoms with Crippen molar-refractivity contribution in [2.45, 2.75) is 56.5 Å². The molecule has 0 saturated carbocycles. The minimum absolute atomic E-state index is 0.105. The van der Waals surface area contributed by atoms with Gasteiger partial charge < -0.3 is 32.2 Å². The van der Waals surface area contributed by atoms with Crippen LogP contribution >= 0.6 is 0 Å². The van der Waals surface area contributed by atoms with Crippen LogP contribution in [0.2, 0.25) is 0 Å². The van der Waals surface area contributed by atoms with Gasteiger partial charge >= 0.3 is 6.09 Å². The Morgan fingerprint density at radius 2 is 1.35 bits per heavy atom. The number of imide groups is 1. The second-order valence-electron chi connectivity index (χ2n) is 12.1. The van der Waals surface area contributed by atoms with Crippen LogP contribution in [0.4, 0.5) is 4.79 Å². The van der Waals surface area contributed by atoms with Crippen LogP contribution in [0.3, 0.4) is 0 Å². The zero-order valence-corrected chi connectivity index (χ0v) is 28.1. The Morgan fingerprint density at radius 1 is 0.784 bits per heavy atom. The van der Waals surface area contributed by atoms with Crippen LogP contribution in [0.1, 0.15) is 55.6 Å². The topological polar surface area (TPSA) is 241 Å². The van der Waals surface area contributed by atoms with Crippen molar-refractivity contribution in [1.82, 2.24) is 26.3 Å². The smallest absolute Gasteiger partial charge is 0.431 e. The van der Waals surface area contributed by atoms with Gasteiger partial charge in [-0.15, -0.1) is 0 Å². The van der Waals surface area contributed by atoms with Crippen LogP contribution in [0, 0.1) is 0 Å². The Hall–Kier alpha value is -5.61. The van der Waals surface area contributed by atoms with E-state index in [2.05, 4.69) is 21.4 Å². The minimum Gasteiger partial charge on any atom is -0.447 e. The first-order chi connectivity index (χ1) is 24.5. The number of primary amides is 1. The third kappa shape index (κ3) is 11.2. The molecule has 1 aliphatic carbocycles. The number of nitrogens with two attached hydrogens (primary N) is 2. The molecule has 0 unspecified atom stereocenters. The third-order valence-electron chi connectivity index (χ3n) is 8.41. The van der Waals surface area contributed by atoms with E-state index in [-0.39, 0.29) is 45.0 Å². The first-order valence-corrected chi connectivity index (χ1v) is 16.7. The maximum atomic E-state index is 12.5. The summed E-state index contributed by atoms with van der Waals surface area (Å²) < 4.78 is 5.36. The fourth-order valence-corrected chi connectivity index (χ4v) is 5.74. The first kappa shape index (κ1) is 38.2. The molecule has 8 N–H and O–H groups in total. The molecular weight excluding hydrogens is 662 g/mol. The summed E-state index contributed by atoms with van der Waals surface area (Å²) >= 11 is 0. The van der Waals surface area contributed by atoms with Crippen LogP contribution in [0.15, 0.2) is 60.7 Å². The molecule has 2 atom stereocenters. The molecule has 1 heterocycles. The number of hydrogen-bond donors (Lipinski definition) is 6. The van der Waals surface area contributed by atoms with Crippen molar-refractivity contribution in [3.05, 3.63) is 71.8 Å². The van der Waals surface area contributed by atoms with E-state index < -0.39 is 60.2 Å². The number of benzene rings is 2. The largest absolute Gasteiger partial charge is 0.447 e. The number of rotatable bonds is 20. The third-order valence-corrected chi connectivity index (χ3v) is 8.41. The molecule has 0 saturated heterocycles. The molecule has 0 radical (unpaired) electrons. The average molecular weight is 706 g/mol. The zero-order chi connectivity index (χ0) is 36.8. The Kier molecular flexibility index (Phi) is 14.2. The lowest BCUT2D eigenvalue weighted by molar-refractivity contribution is -0.141. The lowest BCUT2D eigenvalue weighted by Crippen LogP contribution is -2.50. The van der Waals surface area contributed by atoms with Crippen molar-refractivity contribution in [2.75, 3.05) is 32.8 Å². The second kappa shape index (κ2) is 19.0. The lowest BCUT2D eigenvalue weighted by atomic mass is 9.98. The monoisotopic (exact) mass is 705 g/mol. The standard InChI is InChI=1S/C35H43N7O9/c36-27(34(48)40-28(33(37)47)14-6-8-17-38-29(43)19-42-31(45)15-16-32(42)46)13-5-7-18-39-30(44)21-51-41-35(49)50-20-26-24-11-3-1-9-22(24)23-10-2-4-12-25(23)26/h1-4,9-12,15-16,26-28H,5-8,13-14,17-21,36H2,(H2,37,47)(H,38,43)(H,39,44)(H,40,48)(H,41,49)/t27-,28-/m0/s1. The van der Waals surface area contributed by atoms with Gasteiger partial charge in [0.05, 0.1) is 6.04 Å². The Balaban J connectivity index is 1.02. The van der Waals surface area contributed by atoms with Crippen LogP contribution in [-0.4, -0.2) is 91.4 Å². The molecule has 16 heteroatoms. The highest BCUT2D eigenvalue weighted by molar-refractivity contribution is 6.14. The maximum Gasteiger partial charge on any atom is 0.431 e. The summed E-state index contributed by atoms with van der Waals surface area (Å²) in [6.45, 7) is -0.186. The van der Waals surface area contributed by atoms with E-state index in [1.165, 1.54) is 0 Å². The number of amides is 7. The molecule has 0 bridgehead atoms. The number of nitrogens with zero attached hydrogens (tertiary/aromatic N) is 1. The molecule has 2 aliphatic rings. The van der Waals surface area contributed by atoms with Crippen LogP contribution < -0.4 is 32.9 Å². The lowest BCUT2D eigenvalue weighted by Gasteiger charge is -2.19. The van der Waals surface area contributed by atoms with Gasteiger partial charge in [0.2, 0.25) is 23.6 Å². The number of unbranched alkanes of at least 4 members (excludes halogenated alkanes) is 2. The number of hydrogen-bond acceptors (Lipinski definition) is 10. The number of carbonyl (C=O) groups is 7. The molecule has 7 amide bonds. The van der Waals surface area contributed by atoms with Gasteiger partial charge in [-0.3, -0.25) is 38.5 Å². The summed E-state index contributed by atoms with van der Waals surface area (Å²) in [5.74, 6) is -3.44. The van der Waals surface area contributed by atoms with E-state index >= 15 is 0 Å². The van der Waals surface area contributed by atoms with E-state index in [0.29, 0.717) is 25.7 Å². The highest BCUT2D eigenvalue weighted by atomic mass is 16.7. The number of ether oxygens (including phenoxy) is 1. The Morgan fingerprint density at radius 3 is 1.96 bits per heavy atom. The van der Waals surface area contributed by atoms with Crippen molar-refractivity contribution in [2.24, 2.45) is 11.5 Å². The van der Waals surface area contributed by atoms with Crippen LogP contribution in [0.25, 0.3) is 11.1 Å². The highest BCUT2D eigenvalue weighted by Crippen LogP contribution is 2.44. The van der Waals surface area contributed by atoms with Crippen LogP contribution in [0.5, 0.6) is 0 Å². The van der Waals surface area contributed by atoms with E-state index in [4.69, 9.17) is 21.0 Å². The van der Waals surface area contributed by atoms with Gasteiger partial charge in [-0.1, -0.05) is 48.5 Å². The molecule has 0 aromatic heterocycles. The molecule has 16 nitrogen and oxygen atoms in total. The van der Waals surface area contributed by atoms with Gasteiger partial charge in [0.25, 0.3) is 11.8 Å². The fourth-order valence-electron chi connectivity index (χ4n) is 5.74. The molecule has 51 heavy (non-hydrogen) atoms. The van der Waals surface area contributed by atoms with Crippen molar-refractivity contribution in [3.8, 4) is 11.1 Å². The van der Waals surface area contributed by atoms with Gasteiger partial charge in [-0.2, -0.15) is 5.48 Å². The molecule has 2 aromatic carbocycles. The van der Waals surface area contributed by atoms with E-state index in [9.17, 15) is 33.6 Å². The predicted octanol–water partition coefficient (Wildman–Crippen LogP) is 0.252. The van der Waals surface area contributed by atoms with E-state index in [1.54, 1.807) is 0 Å². The summed E-state index contributed by atoms with van der Waals surface area (Å²) in [5.41, 5.74) is 17.9. The normalized spacial score (nSPS) is 14.3. The number of carbonyl (C=O) groups excluding carboxylic acids is 7. The van der Waals surface area contributed by atoms with Crippen molar-refractivity contribution < 1.29 is 43.1 Å². The van der Waals surface area contributed by atoms with Gasteiger partial charge in [0.1, 0.15) is 19.2 Å². The number of nitrogens with one attached hydrogen (secondary N) is 4. The van der Waals surface area contributed by atoms with Gasteiger partial charge in [-0.05, 0) is 60.8 Å². The van der Waals surface area contributed by atoms with Crippen molar-refractivity contribution in [1.29, 1.82) is 0 Å². The van der Waals surface area contributed by atoms with E-state index in [0.717, 1.165) is 39.3 Å². The average Bonchev–Trinajstić information content (AvgIpc) is 3.61. The predicted molar refractivity (Wildman–Crippen MR) is 183 cm³/mol. The first-order valence-electron chi connectivity index (χ1n) is 16.7. The Bertz CT molecular complexity index is 1580. The molecule has 0 spiro atoms. The SMILES string of the molecule is NC(=O)[C@H](CCCCNC(=O)CN1C(=O)C=CC1=O)NC(=O)[C@@H](N)CCCCNC(=O)CONC(=O)OCC1c2ccccc2-c2ccccc21. The molecule has 2 aromatic rings. The number of hydroxylamine groups is 1. The van der Waals surface area contributed by atoms with E-state index in [1.807, 2.05) is 48.5 Å². The van der Waals surface area contributed by atoms with Crippen molar-refractivity contribution >= 4 is 41.5 Å². The summed E-state index contributed by atoms with van der Waals surface area (Å²) in [5, 5.41) is 7.80. The molecule has 272 valence electrons. The van der Waals surface area contributed by atoms with Crippen molar-refractivity contribution in [3.63, 3.8) is 0 Å². The van der Waals surface area contributed by atoms with Gasteiger partial charge in [0.15, 0.2) is 6.61 Å². The molecule has 1 aliphatic heterocycles.